The highest BCUT2D eigenvalue weighted by molar-refractivity contribution is 7.89. The van der Waals surface area contributed by atoms with E-state index in [2.05, 4.69) is 15.0 Å². The van der Waals surface area contributed by atoms with Crippen molar-refractivity contribution in [2.45, 2.75) is 30.4 Å². The van der Waals surface area contributed by atoms with Gasteiger partial charge in [0.1, 0.15) is 0 Å². The number of benzene rings is 2. The van der Waals surface area contributed by atoms with Crippen LogP contribution in [-0.2, 0) is 10.0 Å². The number of hydrogen-bond acceptors (Lipinski definition) is 5. The molecule has 6 nitrogen and oxygen atoms in total. The lowest BCUT2D eigenvalue weighted by molar-refractivity contribution is 0.166. The second-order valence-electron chi connectivity index (χ2n) is 6.83. The van der Waals surface area contributed by atoms with Crippen LogP contribution in [0.3, 0.4) is 0 Å². The Labute approximate surface area is 177 Å². The number of aliphatic hydroxyl groups is 1. The van der Waals surface area contributed by atoms with E-state index in [1.54, 1.807) is 36.7 Å². The summed E-state index contributed by atoms with van der Waals surface area (Å²) in [5.74, 6) is 0. The van der Waals surface area contributed by atoms with Crippen LogP contribution in [0.2, 0.25) is 0 Å². The summed E-state index contributed by atoms with van der Waals surface area (Å²) in [5.41, 5.74) is 0.879. The standard InChI is InChI=1S/C21H25N3O3S.ClH/c1-16(14-22-12-10-21(25)17-5-3-2-4-6-17)24-28(26,27)20-8-7-19-15-23-11-9-18(19)13-20;/h2-9,11,13,15-16,21-22,24-25H,10,12,14H2,1H3;1H/t16-,21-;/m1./s1. The second-order valence-corrected chi connectivity index (χ2v) is 8.54. The molecule has 0 saturated carbocycles. The predicted octanol–water partition coefficient (Wildman–Crippen LogP) is 3.04. The van der Waals surface area contributed by atoms with E-state index >= 15 is 0 Å². The third-order valence-electron chi connectivity index (χ3n) is 4.51. The Morgan fingerprint density at radius 1 is 1.07 bits per heavy atom. The van der Waals surface area contributed by atoms with Gasteiger partial charge in [0, 0.05) is 30.4 Å². The summed E-state index contributed by atoms with van der Waals surface area (Å²) in [6.07, 6.45) is 3.37. The fourth-order valence-electron chi connectivity index (χ4n) is 3.00. The zero-order valence-electron chi connectivity index (χ0n) is 16.2. The molecule has 2 atom stereocenters. The highest BCUT2D eigenvalue weighted by atomic mass is 35.5. The quantitative estimate of drug-likeness (QED) is 0.449. The smallest absolute Gasteiger partial charge is 0.240 e. The van der Waals surface area contributed by atoms with Crippen LogP contribution in [0.5, 0.6) is 0 Å². The second kappa shape index (κ2) is 10.7. The van der Waals surface area contributed by atoms with Gasteiger partial charge < -0.3 is 10.4 Å². The molecule has 29 heavy (non-hydrogen) atoms. The predicted molar refractivity (Wildman–Crippen MR) is 118 cm³/mol. The van der Waals surface area contributed by atoms with Gasteiger partial charge >= 0.3 is 0 Å². The molecule has 3 aromatic rings. The van der Waals surface area contributed by atoms with Crippen molar-refractivity contribution >= 4 is 33.2 Å². The number of aromatic nitrogens is 1. The van der Waals surface area contributed by atoms with Crippen molar-refractivity contribution in [1.82, 2.24) is 15.0 Å². The van der Waals surface area contributed by atoms with Crippen molar-refractivity contribution in [3.8, 4) is 0 Å². The number of nitrogens with zero attached hydrogens (tertiary/aromatic N) is 1. The van der Waals surface area contributed by atoms with Gasteiger partial charge in [-0.15, -0.1) is 12.4 Å². The van der Waals surface area contributed by atoms with E-state index in [0.717, 1.165) is 16.3 Å². The zero-order valence-corrected chi connectivity index (χ0v) is 17.8. The largest absolute Gasteiger partial charge is 0.388 e. The van der Waals surface area contributed by atoms with Crippen molar-refractivity contribution in [2.75, 3.05) is 13.1 Å². The van der Waals surface area contributed by atoms with Gasteiger partial charge in [-0.2, -0.15) is 0 Å². The fourth-order valence-corrected chi connectivity index (χ4v) is 4.28. The van der Waals surface area contributed by atoms with Crippen LogP contribution < -0.4 is 10.0 Å². The number of hydrogen-bond donors (Lipinski definition) is 3. The molecule has 0 radical (unpaired) electrons. The van der Waals surface area contributed by atoms with Crippen LogP contribution in [0.15, 0.2) is 71.9 Å². The maximum absolute atomic E-state index is 12.6. The molecule has 156 valence electrons. The van der Waals surface area contributed by atoms with Crippen molar-refractivity contribution in [3.63, 3.8) is 0 Å². The molecule has 3 rings (SSSR count). The molecule has 0 saturated heterocycles. The summed E-state index contributed by atoms with van der Waals surface area (Å²) < 4.78 is 27.9. The van der Waals surface area contributed by atoms with Gasteiger partial charge in [-0.05, 0) is 49.0 Å². The number of fused-ring (bicyclic) bond motifs is 1. The Balaban J connectivity index is 0.00000300. The van der Waals surface area contributed by atoms with Crippen LogP contribution in [-0.4, -0.2) is 37.6 Å². The zero-order chi connectivity index (χ0) is 20.0. The van der Waals surface area contributed by atoms with Gasteiger partial charge in [0.05, 0.1) is 11.0 Å². The minimum Gasteiger partial charge on any atom is -0.388 e. The summed E-state index contributed by atoms with van der Waals surface area (Å²) in [4.78, 5) is 4.27. The third kappa shape index (κ3) is 6.48. The normalized spacial score (nSPS) is 13.6. The van der Waals surface area contributed by atoms with Gasteiger partial charge in [-0.25, -0.2) is 13.1 Å². The Bertz CT molecular complexity index is 1020. The van der Waals surface area contributed by atoms with Gasteiger partial charge in [-0.1, -0.05) is 36.4 Å². The number of nitrogens with one attached hydrogen (secondary N) is 2. The number of rotatable bonds is 9. The molecule has 0 aliphatic carbocycles. The van der Waals surface area contributed by atoms with Gasteiger partial charge in [0.2, 0.25) is 10.0 Å². The Hall–Kier alpha value is -2.03. The Morgan fingerprint density at radius 3 is 2.59 bits per heavy atom. The Morgan fingerprint density at radius 2 is 1.83 bits per heavy atom. The van der Waals surface area contributed by atoms with E-state index in [4.69, 9.17) is 0 Å². The third-order valence-corrected chi connectivity index (χ3v) is 6.10. The molecule has 0 bridgehead atoms. The van der Waals surface area contributed by atoms with E-state index in [1.807, 2.05) is 37.3 Å². The summed E-state index contributed by atoms with van der Waals surface area (Å²) in [6.45, 7) is 2.87. The molecule has 8 heteroatoms. The minimum absolute atomic E-state index is 0. The first-order chi connectivity index (χ1) is 13.5. The Kier molecular flexibility index (Phi) is 8.55. The molecule has 1 aromatic heterocycles. The van der Waals surface area contributed by atoms with Crippen LogP contribution in [0, 0.1) is 0 Å². The van der Waals surface area contributed by atoms with E-state index < -0.39 is 16.1 Å². The number of halogens is 1. The first-order valence-corrected chi connectivity index (χ1v) is 10.7. The van der Waals surface area contributed by atoms with E-state index in [9.17, 15) is 13.5 Å². The number of sulfonamides is 1. The first kappa shape index (κ1) is 23.3. The molecule has 0 spiro atoms. The molecule has 0 aliphatic rings. The molecule has 3 N–H and O–H groups in total. The van der Waals surface area contributed by atoms with Crippen LogP contribution >= 0.6 is 12.4 Å². The maximum Gasteiger partial charge on any atom is 0.240 e. The minimum atomic E-state index is -3.61. The van der Waals surface area contributed by atoms with E-state index in [-0.39, 0.29) is 23.3 Å². The monoisotopic (exact) mass is 435 g/mol. The van der Waals surface area contributed by atoms with Crippen molar-refractivity contribution in [3.05, 3.63) is 72.6 Å². The molecule has 2 aromatic carbocycles. The summed E-state index contributed by atoms with van der Waals surface area (Å²) in [7, 11) is -3.61. The van der Waals surface area contributed by atoms with Crippen molar-refractivity contribution in [2.24, 2.45) is 0 Å². The highest BCUT2D eigenvalue weighted by Gasteiger charge is 2.17. The molecule has 1 heterocycles. The van der Waals surface area contributed by atoms with E-state index in [0.29, 0.717) is 19.5 Å². The lowest BCUT2D eigenvalue weighted by Gasteiger charge is -2.16. The summed E-state index contributed by atoms with van der Waals surface area (Å²) in [5, 5.41) is 15.1. The molecule has 0 fully saturated rings. The average Bonchev–Trinajstić information content (AvgIpc) is 2.71. The van der Waals surface area contributed by atoms with Gasteiger partial charge in [-0.3, -0.25) is 4.98 Å². The average molecular weight is 436 g/mol. The van der Waals surface area contributed by atoms with Crippen molar-refractivity contribution < 1.29 is 13.5 Å². The summed E-state index contributed by atoms with van der Waals surface area (Å²) >= 11 is 0. The van der Waals surface area contributed by atoms with Crippen LogP contribution in [0.25, 0.3) is 10.8 Å². The molecular weight excluding hydrogens is 410 g/mol. The first-order valence-electron chi connectivity index (χ1n) is 9.25. The van der Waals surface area contributed by atoms with Crippen LogP contribution in [0.1, 0.15) is 25.0 Å². The molecular formula is C21H26ClN3O3S. The number of aliphatic hydroxyl groups excluding tert-OH is 1. The van der Waals surface area contributed by atoms with Gasteiger partial charge in [0.25, 0.3) is 0 Å². The lowest BCUT2D eigenvalue weighted by Crippen LogP contribution is -2.40. The molecule has 0 unspecified atom stereocenters. The molecule has 0 amide bonds. The van der Waals surface area contributed by atoms with E-state index in [1.165, 1.54) is 0 Å². The summed E-state index contributed by atoms with van der Waals surface area (Å²) in [6, 6.07) is 16.0. The number of pyridine rings is 1. The lowest BCUT2D eigenvalue weighted by atomic mass is 10.1. The fraction of sp³-hybridized carbons (Fsp3) is 0.286. The highest BCUT2D eigenvalue weighted by Crippen LogP contribution is 2.18. The van der Waals surface area contributed by atoms with Gasteiger partial charge in [0.15, 0.2) is 0 Å². The van der Waals surface area contributed by atoms with Crippen molar-refractivity contribution in [1.29, 1.82) is 0 Å². The SMILES string of the molecule is C[C@H](CNCC[C@@H](O)c1ccccc1)NS(=O)(=O)c1ccc2cnccc2c1.Cl. The maximum atomic E-state index is 12.6. The molecule has 0 aliphatic heterocycles. The van der Waals surface area contributed by atoms with Crippen LogP contribution in [0.4, 0.5) is 0 Å². The topological polar surface area (TPSA) is 91.3 Å².